The lowest BCUT2D eigenvalue weighted by molar-refractivity contribution is -0.123. The van der Waals surface area contributed by atoms with Gasteiger partial charge < -0.3 is 13.9 Å². The Hall–Kier alpha value is -3.49. The zero-order valence-electron chi connectivity index (χ0n) is 19.6. The molecule has 0 N–H and O–H groups in total. The summed E-state index contributed by atoms with van der Waals surface area (Å²) in [7, 11) is 0. The van der Waals surface area contributed by atoms with Crippen LogP contribution in [0.15, 0.2) is 70.0 Å². The van der Waals surface area contributed by atoms with Gasteiger partial charge in [0.25, 0.3) is 11.1 Å². The van der Waals surface area contributed by atoms with Crippen LogP contribution in [0, 0.1) is 0 Å². The summed E-state index contributed by atoms with van der Waals surface area (Å²) in [5, 5.41) is 0.0869. The van der Waals surface area contributed by atoms with Crippen molar-refractivity contribution in [3.05, 3.63) is 81.9 Å². The normalized spacial score (nSPS) is 14.5. The minimum Gasteiger partial charge on any atom is -0.490 e. The molecule has 0 bridgehead atoms. The molecule has 1 saturated heterocycles. The summed E-state index contributed by atoms with van der Waals surface area (Å²) in [5.41, 5.74) is 1.23. The fourth-order valence-corrected chi connectivity index (χ4v) is 4.41. The van der Waals surface area contributed by atoms with Gasteiger partial charge in [-0.25, -0.2) is 4.79 Å². The lowest BCUT2D eigenvalue weighted by atomic mass is 10.1. The molecule has 7 nitrogen and oxygen atoms in total. The molecule has 1 aliphatic rings. The number of hydrogen-bond acceptors (Lipinski definition) is 7. The number of thioether (sulfide) groups is 1. The zero-order chi connectivity index (χ0) is 25.5. The largest absolute Gasteiger partial charge is 0.490 e. The van der Waals surface area contributed by atoms with Gasteiger partial charge in [0.2, 0.25) is 0 Å². The van der Waals surface area contributed by atoms with Crippen LogP contribution in [0.4, 0.5) is 4.79 Å². The molecule has 1 fully saturated rings. The lowest BCUT2D eigenvalue weighted by Gasteiger charge is -2.13. The van der Waals surface area contributed by atoms with Crippen molar-refractivity contribution in [2.24, 2.45) is 0 Å². The van der Waals surface area contributed by atoms with Crippen molar-refractivity contribution in [2.75, 3.05) is 19.8 Å². The van der Waals surface area contributed by atoms with Crippen molar-refractivity contribution in [3.8, 4) is 17.1 Å². The number of amides is 2. The Labute approximate surface area is 218 Å². The molecule has 0 spiro atoms. The van der Waals surface area contributed by atoms with Gasteiger partial charge in [-0.2, -0.15) is 0 Å². The second-order valence-corrected chi connectivity index (χ2v) is 9.28. The SMILES string of the molecule is CCCCOC(=O)c1ccc(-c2ccc(/C=C3\SC(=O)N(CCOc4ccccc4Cl)C3=O)o2)cc1. The number of furan rings is 1. The number of benzene rings is 2. The Balaban J connectivity index is 1.36. The van der Waals surface area contributed by atoms with E-state index in [9.17, 15) is 14.4 Å². The van der Waals surface area contributed by atoms with Gasteiger partial charge in [-0.3, -0.25) is 14.5 Å². The molecule has 1 aromatic heterocycles. The Morgan fingerprint density at radius 1 is 1.06 bits per heavy atom. The first kappa shape index (κ1) is 25.6. The number of para-hydroxylation sites is 1. The van der Waals surface area contributed by atoms with Gasteiger partial charge in [0.1, 0.15) is 23.9 Å². The predicted molar refractivity (Wildman–Crippen MR) is 139 cm³/mol. The minimum atomic E-state index is -0.406. The number of carbonyl (C=O) groups excluding carboxylic acids is 3. The average Bonchev–Trinajstić information content (AvgIpc) is 3.45. The molecule has 2 amide bonds. The molecule has 0 aliphatic carbocycles. The van der Waals surface area contributed by atoms with Crippen LogP contribution >= 0.6 is 23.4 Å². The average molecular weight is 526 g/mol. The number of halogens is 1. The topological polar surface area (TPSA) is 86.0 Å². The van der Waals surface area contributed by atoms with E-state index in [0.29, 0.717) is 34.5 Å². The molecule has 4 rings (SSSR count). The van der Waals surface area contributed by atoms with E-state index < -0.39 is 5.91 Å². The van der Waals surface area contributed by atoms with Crippen LogP contribution in [0.25, 0.3) is 17.4 Å². The van der Waals surface area contributed by atoms with Crippen LogP contribution in [-0.2, 0) is 9.53 Å². The second-order valence-electron chi connectivity index (χ2n) is 7.88. The third-order valence-corrected chi connectivity index (χ3v) is 6.54. The standard InChI is InChI=1S/C27H24ClNO6S/c1-2-3-15-34-26(31)19-10-8-18(9-11-19)22-13-12-20(35-22)17-24-25(30)29(27(32)36-24)14-16-33-23-7-5-4-6-21(23)28/h4-13,17H,2-3,14-16H2,1H3/b24-17-. The molecule has 36 heavy (non-hydrogen) atoms. The third kappa shape index (κ3) is 6.19. The van der Waals surface area contributed by atoms with E-state index in [1.165, 1.54) is 0 Å². The van der Waals surface area contributed by atoms with Crippen LogP contribution in [0.1, 0.15) is 35.9 Å². The summed E-state index contributed by atoms with van der Waals surface area (Å²) in [6.45, 7) is 2.66. The highest BCUT2D eigenvalue weighted by atomic mass is 35.5. The fraction of sp³-hybridized carbons (Fsp3) is 0.222. The molecule has 9 heteroatoms. The van der Waals surface area contributed by atoms with Gasteiger partial charge in [0.15, 0.2) is 0 Å². The Kier molecular flexibility index (Phi) is 8.51. The van der Waals surface area contributed by atoms with Gasteiger partial charge in [0, 0.05) is 11.6 Å². The van der Waals surface area contributed by atoms with Crippen LogP contribution in [0.5, 0.6) is 5.75 Å². The monoisotopic (exact) mass is 525 g/mol. The molecule has 186 valence electrons. The van der Waals surface area contributed by atoms with Crippen molar-refractivity contribution < 1.29 is 28.3 Å². The van der Waals surface area contributed by atoms with Gasteiger partial charge >= 0.3 is 5.97 Å². The molecule has 2 aromatic carbocycles. The summed E-state index contributed by atoms with van der Waals surface area (Å²) < 4.78 is 16.7. The van der Waals surface area contributed by atoms with E-state index in [4.69, 9.17) is 25.5 Å². The molecule has 0 radical (unpaired) electrons. The summed E-state index contributed by atoms with van der Waals surface area (Å²) in [6, 6.07) is 17.4. The predicted octanol–water partition coefficient (Wildman–Crippen LogP) is 6.67. The Morgan fingerprint density at radius 2 is 1.83 bits per heavy atom. The van der Waals surface area contributed by atoms with Crippen molar-refractivity contribution in [1.29, 1.82) is 0 Å². The number of hydrogen-bond donors (Lipinski definition) is 0. The van der Waals surface area contributed by atoms with E-state index in [2.05, 4.69) is 0 Å². The first-order valence-corrected chi connectivity index (χ1v) is 12.7. The highest BCUT2D eigenvalue weighted by Crippen LogP contribution is 2.33. The second kappa shape index (κ2) is 12.0. The van der Waals surface area contributed by atoms with Gasteiger partial charge in [-0.15, -0.1) is 0 Å². The van der Waals surface area contributed by atoms with E-state index in [0.717, 1.165) is 35.1 Å². The maximum absolute atomic E-state index is 12.8. The molecule has 2 heterocycles. The first-order valence-electron chi connectivity index (χ1n) is 11.5. The van der Waals surface area contributed by atoms with Crippen molar-refractivity contribution in [1.82, 2.24) is 4.90 Å². The van der Waals surface area contributed by atoms with Crippen LogP contribution in [0.2, 0.25) is 5.02 Å². The smallest absolute Gasteiger partial charge is 0.338 e. The molecule has 3 aromatic rings. The van der Waals surface area contributed by atoms with E-state index in [-0.39, 0.29) is 29.3 Å². The van der Waals surface area contributed by atoms with Crippen molar-refractivity contribution in [3.63, 3.8) is 0 Å². The molecular weight excluding hydrogens is 502 g/mol. The minimum absolute atomic E-state index is 0.101. The Morgan fingerprint density at radius 3 is 2.58 bits per heavy atom. The van der Waals surface area contributed by atoms with E-state index in [1.54, 1.807) is 66.7 Å². The summed E-state index contributed by atoms with van der Waals surface area (Å²) in [6.07, 6.45) is 3.33. The summed E-state index contributed by atoms with van der Waals surface area (Å²) in [4.78, 5) is 38.6. The van der Waals surface area contributed by atoms with Crippen molar-refractivity contribution in [2.45, 2.75) is 19.8 Å². The van der Waals surface area contributed by atoms with Crippen LogP contribution in [-0.4, -0.2) is 41.8 Å². The highest BCUT2D eigenvalue weighted by molar-refractivity contribution is 8.18. The number of ether oxygens (including phenoxy) is 2. The van der Waals surface area contributed by atoms with E-state index >= 15 is 0 Å². The maximum Gasteiger partial charge on any atom is 0.338 e. The number of esters is 1. The first-order chi connectivity index (χ1) is 17.5. The lowest BCUT2D eigenvalue weighted by Crippen LogP contribution is -2.32. The van der Waals surface area contributed by atoms with Gasteiger partial charge in [0.05, 0.1) is 28.6 Å². The number of imide groups is 1. The highest BCUT2D eigenvalue weighted by Gasteiger charge is 2.35. The molecular formula is C27H24ClNO6S. The fourth-order valence-electron chi connectivity index (χ4n) is 3.38. The number of rotatable bonds is 10. The van der Waals surface area contributed by atoms with Crippen LogP contribution < -0.4 is 4.74 Å². The molecule has 1 aliphatic heterocycles. The van der Waals surface area contributed by atoms with Crippen LogP contribution in [0.3, 0.4) is 0 Å². The maximum atomic E-state index is 12.8. The van der Waals surface area contributed by atoms with E-state index in [1.807, 2.05) is 6.92 Å². The number of nitrogens with zero attached hydrogens (tertiary/aromatic N) is 1. The Bertz CT molecular complexity index is 1280. The van der Waals surface area contributed by atoms with Crippen molar-refractivity contribution >= 4 is 46.6 Å². The third-order valence-electron chi connectivity index (χ3n) is 5.32. The molecule has 0 saturated carbocycles. The molecule has 0 unspecified atom stereocenters. The van der Waals surface area contributed by atoms with Gasteiger partial charge in [-0.1, -0.05) is 49.2 Å². The van der Waals surface area contributed by atoms with Gasteiger partial charge in [-0.05, 0) is 54.6 Å². The quantitative estimate of drug-likeness (QED) is 0.166. The summed E-state index contributed by atoms with van der Waals surface area (Å²) in [5.74, 6) is 0.733. The summed E-state index contributed by atoms with van der Waals surface area (Å²) >= 11 is 6.91. The molecule has 0 atom stereocenters. The number of carbonyl (C=O) groups is 3. The number of unbranched alkanes of at least 4 members (excludes halogenated alkanes) is 1. The zero-order valence-corrected chi connectivity index (χ0v) is 21.1.